The molecule has 0 radical (unpaired) electrons. The van der Waals surface area contributed by atoms with Gasteiger partial charge in [-0.2, -0.15) is 0 Å². The average Bonchev–Trinajstić information content (AvgIpc) is 2.91. The third-order valence-corrected chi connectivity index (χ3v) is 4.74. The Labute approximate surface area is 112 Å². The number of fused-ring (bicyclic) bond motifs is 1. The van der Waals surface area contributed by atoms with E-state index < -0.39 is 0 Å². The number of hydrogen-bond donors (Lipinski definition) is 1. The van der Waals surface area contributed by atoms with Crippen molar-refractivity contribution in [3.8, 4) is 0 Å². The molecule has 0 saturated carbocycles. The van der Waals surface area contributed by atoms with E-state index in [1.54, 1.807) is 0 Å². The third kappa shape index (κ3) is 2.33. The summed E-state index contributed by atoms with van der Waals surface area (Å²) in [6.45, 7) is 5.13. The van der Waals surface area contributed by atoms with E-state index >= 15 is 0 Å². The van der Waals surface area contributed by atoms with Gasteiger partial charge in [0.2, 0.25) is 0 Å². The van der Waals surface area contributed by atoms with Crippen LogP contribution in [-0.2, 0) is 19.4 Å². The normalized spacial score (nSPS) is 15.0. The Morgan fingerprint density at radius 3 is 2.44 bits per heavy atom. The van der Waals surface area contributed by atoms with Crippen LogP contribution in [-0.4, -0.2) is 11.0 Å². The second-order valence-corrected chi connectivity index (χ2v) is 6.29. The van der Waals surface area contributed by atoms with Crippen molar-refractivity contribution in [1.82, 2.24) is 10.3 Å². The first-order chi connectivity index (χ1) is 8.72. The van der Waals surface area contributed by atoms with E-state index in [2.05, 4.69) is 48.4 Å². The van der Waals surface area contributed by atoms with Crippen LogP contribution in [0.25, 0.3) is 0 Å². The Hall–Kier alpha value is -1.19. The summed E-state index contributed by atoms with van der Waals surface area (Å²) < 4.78 is 0. The van der Waals surface area contributed by atoms with Crippen LogP contribution in [0.4, 0.5) is 0 Å². The molecule has 1 heterocycles. The van der Waals surface area contributed by atoms with Crippen molar-refractivity contribution in [3.63, 3.8) is 0 Å². The van der Waals surface area contributed by atoms with Crippen molar-refractivity contribution in [3.05, 3.63) is 51.0 Å². The zero-order valence-corrected chi connectivity index (χ0v) is 11.7. The number of benzene rings is 1. The van der Waals surface area contributed by atoms with Crippen LogP contribution in [0.5, 0.6) is 0 Å². The molecular formula is C15H18N2S. The molecule has 0 saturated heterocycles. The zero-order chi connectivity index (χ0) is 12.5. The number of aryl methyl sites for hydroxylation is 2. The second-order valence-electron chi connectivity index (χ2n) is 5.00. The molecule has 1 aliphatic carbocycles. The molecule has 94 valence electrons. The first kappa shape index (κ1) is 11.9. The summed E-state index contributed by atoms with van der Waals surface area (Å²) in [5, 5.41) is 4.84. The van der Waals surface area contributed by atoms with Gasteiger partial charge in [0, 0.05) is 17.5 Å². The number of hydrogen-bond acceptors (Lipinski definition) is 3. The van der Waals surface area contributed by atoms with Gasteiger partial charge in [-0.15, -0.1) is 11.3 Å². The highest BCUT2D eigenvalue weighted by molar-refractivity contribution is 7.11. The van der Waals surface area contributed by atoms with Gasteiger partial charge in [0.1, 0.15) is 5.01 Å². The molecule has 1 aliphatic rings. The van der Waals surface area contributed by atoms with E-state index in [9.17, 15) is 0 Å². The molecule has 18 heavy (non-hydrogen) atoms. The monoisotopic (exact) mass is 258 g/mol. The largest absolute Gasteiger partial charge is 0.307 e. The summed E-state index contributed by atoms with van der Waals surface area (Å²) in [5.41, 5.74) is 4.18. The van der Waals surface area contributed by atoms with Gasteiger partial charge in [0.05, 0.1) is 5.69 Å². The molecule has 0 spiro atoms. The number of aromatic nitrogens is 1. The van der Waals surface area contributed by atoms with Gasteiger partial charge in [-0.1, -0.05) is 24.3 Å². The van der Waals surface area contributed by atoms with Gasteiger partial charge < -0.3 is 5.32 Å². The molecule has 0 bridgehead atoms. The van der Waals surface area contributed by atoms with Gasteiger partial charge in [-0.3, -0.25) is 0 Å². The summed E-state index contributed by atoms with van der Waals surface area (Å²) in [4.78, 5) is 5.91. The van der Waals surface area contributed by atoms with E-state index in [1.165, 1.54) is 26.7 Å². The van der Waals surface area contributed by atoms with Crippen molar-refractivity contribution in [2.75, 3.05) is 0 Å². The lowest BCUT2D eigenvalue weighted by molar-refractivity contribution is 0.531. The molecule has 0 atom stereocenters. The third-order valence-electron chi connectivity index (χ3n) is 3.67. The SMILES string of the molecule is Cc1nc(CNC2Cc3ccccc3C2)sc1C. The minimum Gasteiger partial charge on any atom is -0.307 e. The van der Waals surface area contributed by atoms with Crippen LogP contribution in [0.3, 0.4) is 0 Å². The van der Waals surface area contributed by atoms with Crippen LogP contribution in [0.2, 0.25) is 0 Å². The fourth-order valence-corrected chi connectivity index (χ4v) is 3.43. The molecule has 0 unspecified atom stereocenters. The predicted molar refractivity (Wildman–Crippen MR) is 76.1 cm³/mol. The summed E-state index contributed by atoms with van der Waals surface area (Å²) >= 11 is 1.81. The van der Waals surface area contributed by atoms with Crippen molar-refractivity contribution in [2.45, 2.75) is 39.3 Å². The maximum Gasteiger partial charge on any atom is 0.107 e. The molecule has 3 heteroatoms. The van der Waals surface area contributed by atoms with E-state index in [0.717, 1.165) is 19.4 Å². The molecule has 0 aliphatic heterocycles. The van der Waals surface area contributed by atoms with E-state index in [4.69, 9.17) is 0 Å². The smallest absolute Gasteiger partial charge is 0.107 e. The van der Waals surface area contributed by atoms with E-state index in [1.807, 2.05) is 11.3 Å². The number of thiazole rings is 1. The van der Waals surface area contributed by atoms with E-state index in [-0.39, 0.29) is 0 Å². The Kier molecular flexibility index (Phi) is 3.18. The van der Waals surface area contributed by atoms with Crippen LogP contribution in [0, 0.1) is 13.8 Å². The maximum absolute atomic E-state index is 4.58. The molecule has 1 N–H and O–H groups in total. The number of nitrogens with zero attached hydrogens (tertiary/aromatic N) is 1. The molecule has 0 amide bonds. The lowest BCUT2D eigenvalue weighted by Crippen LogP contribution is -2.28. The first-order valence-corrected chi connectivity index (χ1v) is 7.27. The quantitative estimate of drug-likeness (QED) is 0.915. The summed E-state index contributed by atoms with van der Waals surface area (Å²) in [7, 11) is 0. The van der Waals surface area contributed by atoms with Crippen molar-refractivity contribution in [2.24, 2.45) is 0 Å². The minimum atomic E-state index is 0.576. The van der Waals surface area contributed by atoms with Gasteiger partial charge >= 0.3 is 0 Å². The average molecular weight is 258 g/mol. The fourth-order valence-electron chi connectivity index (χ4n) is 2.55. The number of rotatable bonds is 3. The predicted octanol–water partition coefficient (Wildman–Crippen LogP) is 3.02. The lowest BCUT2D eigenvalue weighted by atomic mass is 10.1. The molecule has 2 nitrogen and oxygen atoms in total. The van der Waals surface area contributed by atoms with Crippen LogP contribution in [0.15, 0.2) is 24.3 Å². The standard InChI is InChI=1S/C15H18N2S/c1-10-11(2)18-15(17-10)9-16-14-7-12-5-3-4-6-13(12)8-14/h3-6,14,16H,7-9H2,1-2H3. The van der Waals surface area contributed by atoms with E-state index in [0.29, 0.717) is 6.04 Å². The molecular weight excluding hydrogens is 240 g/mol. The Bertz CT molecular complexity index is 515. The highest BCUT2D eigenvalue weighted by Gasteiger charge is 2.20. The highest BCUT2D eigenvalue weighted by Crippen LogP contribution is 2.22. The molecule has 3 rings (SSSR count). The minimum absolute atomic E-state index is 0.576. The topological polar surface area (TPSA) is 24.9 Å². The Balaban J connectivity index is 1.60. The van der Waals surface area contributed by atoms with Gasteiger partial charge in [-0.05, 0) is 37.8 Å². The van der Waals surface area contributed by atoms with Gasteiger partial charge in [-0.25, -0.2) is 4.98 Å². The molecule has 1 aromatic carbocycles. The lowest BCUT2D eigenvalue weighted by Gasteiger charge is -2.09. The Morgan fingerprint density at radius 1 is 1.22 bits per heavy atom. The number of nitrogens with one attached hydrogen (secondary N) is 1. The highest BCUT2D eigenvalue weighted by atomic mass is 32.1. The molecule has 0 fully saturated rings. The van der Waals surface area contributed by atoms with Crippen LogP contribution >= 0.6 is 11.3 Å². The van der Waals surface area contributed by atoms with Crippen molar-refractivity contribution >= 4 is 11.3 Å². The fraction of sp³-hybridized carbons (Fsp3) is 0.400. The maximum atomic E-state index is 4.58. The van der Waals surface area contributed by atoms with Crippen LogP contribution in [0.1, 0.15) is 26.7 Å². The summed E-state index contributed by atoms with van der Waals surface area (Å²) in [6.07, 6.45) is 2.30. The van der Waals surface area contributed by atoms with Gasteiger partial charge in [0.15, 0.2) is 0 Å². The molecule has 1 aromatic heterocycles. The van der Waals surface area contributed by atoms with Crippen molar-refractivity contribution in [1.29, 1.82) is 0 Å². The first-order valence-electron chi connectivity index (χ1n) is 6.45. The van der Waals surface area contributed by atoms with Crippen LogP contribution < -0.4 is 5.32 Å². The molecule has 2 aromatic rings. The second kappa shape index (κ2) is 4.82. The van der Waals surface area contributed by atoms with Gasteiger partial charge in [0.25, 0.3) is 0 Å². The summed E-state index contributed by atoms with van der Waals surface area (Å²) in [6, 6.07) is 9.33. The summed E-state index contributed by atoms with van der Waals surface area (Å²) in [5.74, 6) is 0. The van der Waals surface area contributed by atoms with Crippen molar-refractivity contribution < 1.29 is 0 Å². The zero-order valence-electron chi connectivity index (χ0n) is 10.9. The Morgan fingerprint density at radius 2 is 1.89 bits per heavy atom.